The Morgan fingerprint density at radius 3 is 2.11 bits per heavy atom. The molecule has 2 nitrogen and oxygen atoms in total. The lowest BCUT2D eigenvalue weighted by atomic mass is 10.1. The molecule has 0 bridgehead atoms. The molecule has 0 radical (unpaired) electrons. The van der Waals surface area contributed by atoms with Crippen LogP contribution >= 0.6 is 0 Å². The van der Waals surface area contributed by atoms with Gasteiger partial charge in [-0.05, 0) is 12.0 Å². The van der Waals surface area contributed by atoms with Crippen molar-refractivity contribution in [2.45, 2.75) is 19.4 Å². The molecule has 2 N–H and O–H groups in total. The van der Waals surface area contributed by atoms with Crippen molar-refractivity contribution in [3.63, 3.8) is 0 Å². The van der Waals surface area contributed by atoms with E-state index in [0.29, 0.717) is 5.84 Å². The van der Waals surface area contributed by atoms with Crippen molar-refractivity contribution in [3.8, 4) is 0 Å². The molecule has 0 saturated carbocycles. The number of nitrogens with two attached hydrogens (primary N) is 1. The van der Waals surface area contributed by atoms with Crippen molar-refractivity contribution in [1.82, 2.24) is 0 Å². The Morgan fingerprint density at radius 1 is 1.00 bits per heavy atom. The van der Waals surface area contributed by atoms with E-state index in [0.717, 1.165) is 12.0 Å². The summed E-state index contributed by atoms with van der Waals surface area (Å²) in [6.07, 6.45) is 0.942. The van der Waals surface area contributed by atoms with E-state index >= 15 is 0 Å². The first-order valence-corrected chi connectivity index (χ1v) is 6.25. The van der Waals surface area contributed by atoms with Crippen LogP contribution in [0.4, 0.5) is 0 Å². The lowest BCUT2D eigenvalue weighted by Gasteiger charge is -2.12. The molecular formula is C16H18N2. The van der Waals surface area contributed by atoms with Crippen LogP contribution in [0.25, 0.3) is 0 Å². The Kier molecular flexibility index (Phi) is 4.13. The van der Waals surface area contributed by atoms with E-state index in [2.05, 4.69) is 24.0 Å². The van der Waals surface area contributed by atoms with E-state index in [1.165, 1.54) is 5.56 Å². The van der Waals surface area contributed by atoms with Gasteiger partial charge in [0.25, 0.3) is 0 Å². The second-order valence-corrected chi connectivity index (χ2v) is 4.22. The molecule has 2 heteroatoms. The highest BCUT2D eigenvalue weighted by Crippen LogP contribution is 2.21. The van der Waals surface area contributed by atoms with E-state index in [1.54, 1.807) is 0 Å². The molecule has 0 aromatic heterocycles. The van der Waals surface area contributed by atoms with Gasteiger partial charge in [0.1, 0.15) is 5.84 Å². The highest BCUT2D eigenvalue weighted by atomic mass is 14.9. The molecule has 0 aliphatic rings. The fourth-order valence-corrected chi connectivity index (χ4v) is 1.93. The number of hydrogen-bond donors (Lipinski definition) is 1. The van der Waals surface area contributed by atoms with Gasteiger partial charge in [-0.2, -0.15) is 0 Å². The molecule has 2 aromatic rings. The molecule has 0 aliphatic heterocycles. The normalized spacial score (nSPS) is 13.3. The Labute approximate surface area is 108 Å². The largest absolute Gasteiger partial charge is 0.383 e. The van der Waals surface area contributed by atoms with Crippen LogP contribution in [0.5, 0.6) is 0 Å². The number of amidine groups is 1. The monoisotopic (exact) mass is 238 g/mol. The van der Waals surface area contributed by atoms with Gasteiger partial charge < -0.3 is 5.73 Å². The summed E-state index contributed by atoms with van der Waals surface area (Å²) in [5, 5.41) is 0. The molecule has 0 fully saturated rings. The molecule has 0 saturated heterocycles. The quantitative estimate of drug-likeness (QED) is 0.642. The minimum absolute atomic E-state index is 0.131. The van der Waals surface area contributed by atoms with Gasteiger partial charge in [0.2, 0.25) is 0 Å². The minimum atomic E-state index is 0.131. The number of nitrogens with zero attached hydrogens (tertiary/aromatic N) is 1. The maximum absolute atomic E-state index is 6.06. The Balaban J connectivity index is 2.25. The maximum atomic E-state index is 6.06. The van der Waals surface area contributed by atoms with Crippen LogP contribution in [0.2, 0.25) is 0 Å². The fraction of sp³-hybridized carbons (Fsp3) is 0.188. The summed E-state index contributed by atoms with van der Waals surface area (Å²) in [4.78, 5) is 4.63. The summed E-state index contributed by atoms with van der Waals surface area (Å²) in [6.45, 7) is 2.12. The van der Waals surface area contributed by atoms with Crippen LogP contribution in [-0.2, 0) is 0 Å². The summed E-state index contributed by atoms with van der Waals surface area (Å²) in [7, 11) is 0. The molecule has 0 spiro atoms. The second-order valence-electron chi connectivity index (χ2n) is 4.22. The van der Waals surface area contributed by atoms with Crippen LogP contribution in [0, 0.1) is 0 Å². The maximum Gasteiger partial charge on any atom is 0.126 e. The lowest BCUT2D eigenvalue weighted by Crippen LogP contribution is -2.15. The van der Waals surface area contributed by atoms with Gasteiger partial charge in [0.15, 0.2) is 0 Å². The zero-order valence-electron chi connectivity index (χ0n) is 10.6. The average molecular weight is 238 g/mol. The molecule has 0 aliphatic carbocycles. The van der Waals surface area contributed by atoms with Gasteiger partial charge in [-0.25, -0.2) is 0 Å². The molecule has 2 aromatic carbocycles. The molecule has 0 heterocycles. The van der Waals surface area contributed by atoms with E-state index in [-0.39, 0.29) is 6.04 Å². The van der Waals surface area contributed by atoms with Crippen molar-refractivity contribution >= 4 is 5.84 Å². The highest BCUT2D eigenvalue weighted by molar-refractivity contribution is 5.97. The molecule has 92 valence electrons. The molecular weight excluding hydrogens is 220 g/mol. The van der Waals surface area contributed by atoms with Crippen molar-refractivity contribution in [2.24, 2.45) is 10.7 Å². The summed E-state index contributed by atoms with van der Waals surface area (Å²) >= 11 is 0. The van der Waals surface area contributed by atoms with Crippen LogP contribution in [0.3, 0.4) is 0 Å². The minimum Gasteiger partial charge on any atom is -0.383 e. The highest BCUT2D eigenvalue weighted by Gasteiger charge is 2.08. The van der Waals surface area contributed by atoms with E-state index in [1.807, 2.05) is 48.5 Å². The first-order chi connectivity index (χ1) is 8.81. The summed E-state index contributed by atoms with van der Waals surface area (Å²) in [6, 6.07) is 20.3. The van der Waals surface area contributed by atoms with E-state index < -0.39 is 0 Å². The SMILES string of the molecule is CCC(N=C(N)c1ccccc1)c1ccccc1. The molecule has 18 heavy (non-hydrogen) atoms. The van der Waals surface area contributed by atoms with Crippen molar-refractivity contribution in [2.75, 3.05) is 0 Å². The number of aliphatic imine (C=N–C) groups is 1. The van der Waals surface area contributed by atoms with Crippen LogP contribution in [0.1, 0.15) is 30.5 Å². The number of rotatable bonds is 4. The lowest BCUT2D eigenvalue weighted by molar-refractivity contribution is 0.700. The van der Waals surface area contributed by atoms with Gasteiger partial charge in [-0.15, -0.1) is 0 Å². The Bertz CT molecular complexity index is 503. The molecule has 2 rings (SSSR count). The van der Waals surface area contributed by atoms with Crippen molar-refractivity contribution in [1.29, 1.82) is 0 Å². The van der Waals surface area contributed by atoms with Crippen LogP contribution < -0.4 is 5.73 Å². The van der Waals surface area contributed by atoms with Gasteiger partial charge in [0.05, 0.1) is 6.04 Å². The van der Waals surface area contributed by atoms with Gasteiger partial charge in [0, 0.05) is 5.56 Å². The Morgan fingerprint density at radius 2 is 1.56 bits per heavy atom. The fourth-order valence-electron chi connectivity index (χ4n) is 1.93. The first-order valence-electron chi connectivity index (χ1n) is 6.25. The van der Waals surface area contributed by atoms with Gasteiger partial charge in [-0.1, -0.05) is 67.6 Å². The summed E-state index contributed by atoms with van der Waals surface area (Å²) in [5.74, 6) is 0.603. The Hall–Kier alpha value is -2.09. The third-order valence-electron chi connectivity index (χ3n) is 2.94. The third kappa shape index (κ3) is 2.98. The van der Waals surface area contributed by atoms with Crippen molar-refractivity contribution in [3.05, 3.63) is 71.8 Å². The average Bonchev–Trinajstić information content (AvgIpc) is 2.46. The first kappa shape index (κ1) is 12.4. The van der Waals surface area contributed by atoms with E-state index in [9.17, 15) is 0 Å². The van der Waals surface area contributed by atoms with Gasteiger partial charge >= 0.3 is 0 Å². The van der Waals surface area contributed by atoms with Crippen LogP contribution in [0.15, 0.2) is 65.7 Å². The molecule has 1 atom stereocenters. The topological polar surface area (TPSA) is 38.4 Å². The van der Waals surface area contributed by atoms with E-state index in [4.69, 9.17) is 5.73 Å². The number of hydrogen-bond acceptors (Lipinski definition) is 1. The smallest absolute Gasteiger partial charge is 0.126 e. The number of benzene rings is 2. The van der Waals surface area contributed by atoms with Crippen molar-refractivity contribution < 1.29 is 0 Å². The molecule has 0 amide bonds. The summed E-state index contributed by atoms with van der Waals surface area (Å²) in [5.41, 5.74) is 8.24. The zero-order chi connectivity index (χ0) is 12.8. The standard InChI is InChI=1S/C16H18N2/c1-2-15(13-9-5-3-6-10-13)18-16(17)14-11-7-4-8-12-14/h3-12,15H,2H2,1H3,(H2,17,18). The van der Waals surface area contributed by atoms with Gasteiger partial charge in [-0.3, -0.25) is 4.99 Å². The zero-order valence-corrected chi connectivity index (χ0v) is 10.6. The predicted molar refractivity (Wildman–Crippen MR) is 76.6 cm³/mol. The molecule has 1 unspecified atom stereocenters. The second kappa shape index (κ2) is 6.01. The third-order valence-corrected chi connectivity index (χ3v) is 2.94. The van der Waals surface area contributed by atoms with Crippen LogP contribution in [-0.4, -0.2) is 5.84 Å². The summed E-state index contributed by atoms with van der Waals surface area (Å²) < 4.78 is 0. The predicted octanol–water partition coefficient (Wildman–Crippen LogP) is 3.54.